The van der Waals surface area contributed by atoms with E-state index < -0.39 is 11.9 Å². The lowest BCUT2D eigenvalue weighted by molar-refractivity contribution is -0.159. The SMILES string of the molecule is CCCCNCCOc1ccc(Cl)cc1Br.O=C(O)C(=O)O. The number of ether oxygens (including phenoxy) is 1. The van der Waals surface area contributed by atoms with Crippen LogP contribution in [0.25, 0.3) is 0 Å². The van der Waals surface area contributed by atoms with E-state index in [4.69, 9.17) is 36.1 Å². The van der Waals surface area contributed by atoms with Crippen molar-refractivity contribution in [3.8, 4) is 5.75 Å². The van der Waals surface area contributed by atoms with Gasteiger partial charge in [0.2, 0.25) is 0 Å². The van der Waals surface area contributed by atoms with Crippen LogP contribution in [0, 0.1) is 0 Å². The van der Waals surface area contributed by atoms with Crippen molar-refractivity contribution in [2.75, 3.05) is 19.7 Å². The van der Waals surface area contributed by atoms with Crippen molar-refractivity contribution in [3.63, 3.8) is 0 Å². The largest absolute Gasteiger partial charge is 0.491 e. The van der Waals surface area contributed by atoms with Crippen molar-refractivity contribution < 1.29 is 24.5 Å². The summed E-state index contributed by atoms with van der Waals surface area (Å²) in [6.45, 7) is 4.78. The number of carbonyl (C=O) groups is 2. The molecule has 0 heterocycles. The number of halogens is 2. The van der Waals surface area contributed by atoms with Gasteiger partial charge in [0.15, 0.2) is 0 Å². The van der Waals surface area contributed by atoms with Crippen LogP contribution in [0.1, 0.15) is 19.8 Å². The maximum Gasteiger partial charge on any atom is 0.414 e. The molecule has 8 heteroatoms. The van der Waals surface area contributed by atoms with E-state index in [1.165, 1.54) is 12.8 Å². The van der Waals surface area contributed by atoms with Crippen LogP contribution in [-0.4, -0.2) is 41.8 Å². The first kappa shape index (κ1) is 20.7. The number of nitrogens with one attached hydrogen (secondary N) is 1. The highest BCUT2D eigenvalue weighted by Gasteiger charge is 2.04. The van der Waals surface area contributed by atoms with Crippen LogP contribution in [-0.2, 0) is 9.59 Å². The fraction of sp³-hybridized carbons (Fsp3) is 0.429. The van der Waals surface area contributed by atoms with E-state index in [2.05, 4.69) is 28.2 Å². The number of hydrogen-bond acceptors (Lipinski definition) is 4. The Morgan fingerprint density at radius 2 is 1.91 bits per heavy atom. The van der Waals surface area contributed by atoms with E-state index in [9.17, 15) is 0 Å². The molecule has 6 nitrogen and oxygen atoms in total. The highest BCUT2D eigenvalue weighted by molar-refractivity contribution is 9.10. The lowest BCUT2D eigenvalue weighted by atomic mass is 10.3. The zero-order valence-electron chi connectivity index (χ0n) is 12.1. The standard InChI is InChI=1S/C12H17BrClNO.C2H2O4/c1-2-3-6-15-7-8-16-12-5-4-10(14)9-11(12)13;3-1(4)2(5)6/h4-5,9,15H,2-3,6-8H2,1H3;(H,3,4)(H,5,6). The van der Waals surface area contributed by atoms with E-state index in [1.807, 2.05) is 18.2 Å². The van der Waals surface area contributed by atoms with Crippen molar-refractivity contribution >= 4 is 39.5 Å². The molecule has 1 aromatic rings. The second-order valence-corrected chi connectivity index (χ2v) is 5.43. The number of carboxylic acids is 2. The normalized spacial score (nSPS) is 9.59. The highest BCUT2D eigenvalue weighted by Crippen LogP contribution is 2.27. The summed E-state index contributed by atoms with van der Waals surface area (Å²) in [7, 11) is 0. The zero-order chi connectivity index (χ0) is 17.0. The average molecular weight is 397 g/mol. The number of hydrogen-bond donors (Lipinski definition) is 3. The minimum atomic E-state index is -1.82. The molecule has 0 atom stereocenters. The second kappa shape index (κ2) is 12.3. The molecule has 0 unspecified atom stereocenters. The van der Waals surface area contributed by atoms with Crippen molar-refractivity contribution in [1.82, 2.24) is 5.32 Å². The van der Waals surface area contributed by atoms with Gasteiger partial charge in [-0.3, -0.25) is 0 Å². The van der Waals surface area contributed by atoms with Crippen LogP contribution in [0.3, 0.4) is 0 Å². The van der Waals surface area contributed by atoms with Gasteiger partial charge in [-0.15, -0.1) is 0 Å². The number of benzene rings is 1. The lowest BCUT2D eigenvalue weighted by Crippen LogP contribution is -2.22. The molecule has 1 aromatic carbocycles. The topological polar surface area (TPSA) is 95.9 Å². The summed E-state index contributed by atoms with van der Waals surface area (Å²) in [6, 6.07) is 5.53. The van der Waals surface area contributed by atoms with E-state index in [1.54, 1.807) is 0 Å². The number of aliphatic carboxylic acids is 2. The molecule has 0 spiro atoms. The Balaban J connectivity index is 0.000000626. The molecule has 0 aliphatic carbocycles. The van der Waals surface area contributed by atoms with Crippen LogP contribution in [0.4, 0.5) is 0 Å². The van der Waals surface area contributed by atoms with Gasteiger partial charge in [-0.1, -0.05) is 24.9 Å². The van der Waals surface area contributed by atoms with Crippen molar-refractivity contribution in [2.45, 2.75) is 19.8 Å². The summed E-state index contributed by atoms with van der Waals surface area (Å²) in [6.07, 6.45) is 2.43. The molecule has 1 rings (SSSR count). The maximum atomic E-state index is 9.10. The van der Waals surface area contributed by atoms with Crippen LogP contribution < -0.4 is 10.1 Å². The quantitative estimate of drug-likeness (QED) is 0.484. The molecule has 0 aliphatic rings. The Kier molecular flexibility index (Phi) is 11.5. The maximum absolute atomic E-state index is 9.10. The average Bonchev–Trinajstić information content (AvgIpc) is 2.45. The first-order valence-corrected chi connectivity index (χ1v) is 7.80. The molecule has 3 N–H and O–H groups in total. The molecule has 0 amide bonds. The molecule has 22 heavy (non-hydrogen) atoms. The monoisotopic (exact) mass is 395 g/mol. The van der Waals surface area contributed by atoms with Gasteiger partial charge in [0, 0.05) is 11.6 Å². The summed E-state index contributed by atoms with van der Waals surface area (Å²) in [5.41, 5.74) is 0. The summed E-state index contributed by atoms with van der Waals surface area (Å²) in [5.74, 6) is -2.81. The van der Waals surface area contributed by atoms with Gasteiger partial charge < -0.3 is 20.3 Å². The predicted molar refractivity (Wildman–Crippen MR) is 87.7 cm³/mol. The summed E-state index contributed by atoms with van der Waals surface area (Å²) in [5, 5.41) is 18.8. The third kappa shape index (κ3) is 10.4. The Hall–Kier alpha value is -1.31. The third-order valence-electron chi connectivity index (χ3n) is 2.32. The minimum absolute atomic E-state index is 0.671. The molecule has 0 radical (unpaired) electrons. The van der Waals surface area contributed by atoms with Crippen LogP contribution in [0.2, 0.25) is 5.02 Å². The van der Waals surface area contributed by atoms with Crippen molar-refractivity contribution in [3.05, 3.63) is 27.7 Å². The number of unbranched alkanes of at least 4 members (excludes halogenated alkanes) is 1. The van der Waals surface area contributed by atoms with E-state index in [0.29, 0.717) is 11.6 Å². The van der Waals surface area contributed by atoms with Crippen molar-refractivity contribution in [1.29, 1.82) is 0 Å². The fourth-order valence-electron chi connectivity index (χ4n) is 1.25. The Morgan fingerprint density at radius 3 is 2.41 bits per heavy atom. The summed E-state index contributed by atoms with van der Waals surface area (Å²) in [4.78, 5) is 18.2. The summed E-state index contributed by atoms with van der Waals surface area (Å²) >= 11 is 9.25. The van der Waals surface area contributed by atoms with E-state index in [0.717, 1.165) is 23.3 Å². The molecule has 0 saturated carbocycles. The van der Waals surface area contributed by atoms with Gasteiger partial charge in [0.05, 0.1) is 4.47 Å². The Morgan fingerprint density at radius 1 is 1.27 bits per heavy atom. The zero-order valence-corrected chi connectivity index (χ0v) is 14.5. The lowest BCUT2D eigenvalue weighted by Gasteiger charge is -2.09. The van der Waals surface area contributed by atoms with Gasteiger partial charge in [-0.25, -0.2) is 9.59 Å². The molecule has 124 valence electrons. The Labute approximate surface area is 142 Å². The number of carboxylic acid groups (broad SMARTS) is 2. The van der Waals surface area contributed by atoms with Gasteiger partial charge in [0.25, 0.3) is 0 Å². The van der Waals surface area contributed by atoms with Crippen molar-refractivity contribution in [2.24, 2.45) is 0 Å². The van der Waals surface area contributed by atoms with Crippen LogP contribution in [0.15, 0.2) is 22.7 Å². The number of rotatable bonds is 7. The van der Waals surface area contributed by atoms with Gasteiger partial charge in [0.1, 0.15) is 12.4 Å². The first-order valence-electron chi connectivity index (χ1n) is 6.63. The molecular formula is C14H19BrClNO5. The highest BCUT2D eigenvalue weighted by atomic mass is 79.9. The van der Waals surface area contributed by atoms with E-state index >= 15 is 0 Å². The second-order valence-electron chi connectivity index (χ2n) is 4.14. The molecule has 0 fully saturated rings. The molecular weight excluding hydrogens is 378 g/mol. The minimum Gasteiger partial charge on any atom is -0.491 e. The molecule has 0 bridgehead atoms. The third-order valence-corrected chi connectivity index (χ3v) is 3.18. The van der Waals surface area contributed by atoms with Gasteiger partial charge >= 0.3 is 11.9 Å². The van der Waals surface area contributed by atoms with E-state index in [-0.39, 0.29) is 0 Å². The predicted octanol–water partition coefficient (Wildman–Crippen LogP) is 3.03. The van der Waals surface area contributed by atoms with Gasteiger partial charge in [-0.2, -0.15) is 0 Å². The van der Waals surface area contributed by atoms with Crippen LogP contribution in [0.5, 0.6) is 5.75 Å². The summed E-state index contributed by atoms with van der Waals surface area (Å²) < 4.78 is 6.50. The smallest absolute Gasteiger partial charge is 0.414 e. The first-order chi connectivity index (χ1) is 10.4. The van der Waals surface area contributed by atoms with Crippen LogP contribution >= 0.6 is 27.5 Å². The van der Waals surface area contributed by atoms with Gasteiger partial charge in [-0.05, 0) is 47.1 Å². The fourth-order valence-corrected chi connectivity index (χ4v) is 2.05. The molecule has 0 aliphatic heterocycles. The molecule has 0 saturated heterocycles. The Bertz CT molecular complexity index is 472. The molecule has 0 aromatic heterocycles.